The van der Waals surface area contributed by atoms with Crippen molar-refractivity contribution in [2.24, 2.45) is 0 Å². The van der Waals surface area contributed by atoms with E-state index in [1.807, 2.05) is 0 Å². The lowest BCUT2D eigenvalue weighted by atomic mass is 9.59. The molecule has 0 aliphatic heterocycles. The molecule has 5 aliphatic carbocycles. The van der Waals surface area contributed by atoms with Gasteiger partial charge < -0.3 is 0 Å². The summed E-state index contributed by atoms with van der Waals surface area (Å²) in [6, 6.07) is 41.1. The summed E-state index contributed by atoms with van der Waals surface area (Å²) in [5.41, 5.74) is 28.7. The summed E-state index contributed by atoms with van der Waals surface area (Å²) in [6.45, 7) is 14.6. The Kier molecular flexibility index (Phi) is 7.14. The van der Waals surface area contributed by atoms with E-state index in [4.69, 9.17) is 0 Å². The summed E-state index contributed by atoms with van der Waals surface area (Å²) in [7, 11) is 0. The Balaban J connectivity index is 1.31. The largest absolute Gasteiger partial charge is 0.0622 e. The second-order valence-electron chi connectivity index (χ2n) is 18.7. The fourth-order valence-corrected chi connectivity index (χ4v) is 11.5. The van der Waals surface area contributed by atoms with Crippen LogP contribution in [0.4, 0.5) is 0 Å². The Morgan fingerprint density at radius 2 is 0.786 bits per heavy atom. The third-order valence-electron chi connectivity index (χ3n) is 13.3. The van der Waals surface area contributed by atoms with Crippen LogP contribution in [0.2, 0.25) is 0 Å². The smallest absolute Gasteiger partial charge is 0.0212 e. The predicted molar refractivity (Wildman–Crippen MR) is 237 cm³/mol. The van der Waals surface area contributed by atoms with E-state index in [9.17, 15) is 0 Å². The van der Waals surface area contributed by atoms with Gasteiger partial charge in [-0.25, -0.2) is 0 Å². The van der Waals surface area contributed by atoms with E-state index in [0.29, 0.717) is 0 Å². The Bertz CT molecular complexity index is 2590. The summed E-state index contributed by atoms with van der Waals surface area (Å²) >= 11 is 0. The molecule has 0 aromatic heterocycles. The molecule has 1 unspecified atom stereocenters. The van der Waals surface area contributed by atoms with Crippen LogP contribution >= 0.6 is 0 Å². The fraction of sp³-hybridized carbons (Fsp3) is 0.214. The van der Waals surface area contributed by atoms with Crippen LogP contribution in [0, 0.1) is 0 Å². The molecule has 11 rings (SSSR count). The molecule has 0 spiro atoms. The Morgan fingerprint density at radius 3 is 1.18 bits per heavy atom. The van der Waals surface area contributed by atoms with Gasteiger partial charge in [-0.2, -0.15) is 0 Å². The van der Waals surface area contributed by atoms with Gasteiger partial charge in [0.15, 0.2) is 0 Å². The minimum atomic E-state index is -0.0478. The predicted octanol–water partition coefficient (Wildman–Crippen LogP) is 14.5. The third-order valence-corrected chi connectivity index (χ3v) is 13.3. The van der Waals surface area contributed by atoms with Crippen molar-refractivity contribution in [3.63, 3.8) is 0 Å². The maximum absolute atomic E-state index is 2.49. The normalized spacial score (nSPS) is 18.1. The molecule has 6 aromatic carbocycles. The van der Waals surface area contributed by atoms with Crippen LogP contribution in [0.1, 0.15) is 109 Å². The first-order chi connectivity index (χ1) is 27.1. The van der Waals surface area contributed by atoms with Gasteiger partial charge in [0.2, 0.25) is 0 Å². The minimum Gasteiger partial charge on any atom is -0.0622 e. The van der Waals surface area contributed by atoms with E-state index < -0.39 is 0 Å². The molecule has 56 heavy (non-hydrogen) atoms. The lowest BCUT2D eigenvalue weighted by Gasteiger charge is -2.44. The molecule has 2 atom stereocenters. The molecular weight excluding hydrogens is 673 g/mol. The third kappa shape index (κ3) is 4.72. The minimum absolute atomic E-state index is 0.0478. The van der Waals surface area contributed by atoms with Gasteiger partial charge in [-0.1, -0.05) is 187 Å². The molecule has 0 saturated carbocycles. The standard InChI is InChI=1S/C56H48/c1-55(2,3)53-41-29-27-35-25-26-36-28-30-42-52(48(34-19-11-8-12-20-34)50-40-24-16-14-22-38(40)32-44(50)54(42)56(4,5)6)46(36)45(35)51(41)47(33-17-9-7-10-18-33)49-39-23-15-13-21-37(39)31-43(49)53/h7-30,45-46H,31-32H2,1-6H3/t45-,46?/m0/s1. The number of benzene rings is 6. The Morgan fingerprint density at radius 1 is 0.411 bits per heavy atom. The molecule has 0 heterocycles. The molecule has 0 bridgehead atoms. The van der Waals surface area contributed by atoms with Gasteiger partial charge in [-0.05, 0) is 135 Å². The van der Waals surface area contributed by atoms with Gasteiger partial charge in [-0.15, -0.1) is 0 Å². The molecule has 5 aliphatic rings. The van der Waals surface area contributed by atoms with Gasteiger partial charge in [0.1, 0.15) is 0 Å². The monoisotopic (exact) mass is 720 g/mol. The van der Waals surface area contributed by atoms with Gasteiger partial charge in [0.05, 0.1) is 0 Å². The average molecular weight is 721 g/mol. The maximum Gasteiger partial charge on any atom is 0.0212 e. The van der Waals surface area contributed by atoms with Gasteiger partial charge in [0.25, 0.3) is 0 Å². The highest BCUT2D eigenvalue weighted by Crippen LogP contribution is 2.63. The van der Waals surface area contributed by atoms with Crippen molar-refractivity contribution in [1.82, 2.24) is 0 Å². The number of hydrogen-bond acceptors (Lipinski definition) is 0. The number of allylic oxidation sites excluding steroid dienone is 6. The maximum atomic E-state index is 2.49. The molecule has 0 amide bonds. The van der Waals surface area contributed by atoms with Crippen molar-refractivity contribution in [2.75, 3.05) is 0 Å². The molecule has 0 fully saturated rings. The average Bonchev–Trinajstić information content (AvgIpc) is 3.76. The van der Waals surface area contributed by atoms with E-state index in [2.05, 4.69) is 187 Å². The van der Waals surface area contributed by atoms with Crippen LogP contribution in [0.15, 0.2) is 145 Å². The molecule has 0 radical (unpaired) electrons. The fourth-order valence-electron chi connectivity index (χ4n) is 11.5. The van der Waals surface area contributed by atoms with Crippen LogP contribution in [0.3, 0.4) is 0 Å². The van der Waals surface area contributed by atoms with Crippen molar-refractivity contribution < 1.29 is 0 Å². The lowest BCUT2D eigenvalue weighted by molar-refractivity contribution is 0.575. The first-order valence-corrected chi connectivity index (χ1v) is 20.6. The van der Waals surface area contributed by atoms with Gasteiger partial charge in [0, 0.05) is 11.8 Å². The summed E-state index contributed by atoms with van der Waals surface area (Å²) in [6.07, 6.45) is 16.8. The van der Waals surface area contributed by atoms with E-state index in [0.717, 1.165) is 12.8 Å². The van der Waals surface area contributed by atoms with Crippen molar-refractivity contribution in [3.05, 3.63) is 200 Å². The van der Waals surface area contributed by atoms with E-state index >= 15 is 0 Å². The quantitative estimate of drug-likeness (QED) is 0.167. The second-order valence-corrected chi connectivity index (χ2v) is 18.7. The van der Waals surface area contributed by atoms with E-state index in [1.165, 1.54) is 111 Å². The molecule has 6 aromatic rings. The molecule has 0 N–H and O–H groups in total. The van der Waals surface area contributed by atoms with Crippen molar-refractivity contribution in [2.45, 2.75) is 77.0 Å². The summed E-state index contributed by atoms with van der Waals surface area (Å²) in [4.78, 5) is 0. The topological polar surface area (TPSA) is 0 Å². The lowest BCUT2D eigenvalue weighted by Crippen LogP contribution is -2.28. The highest BCUT2D eigenvalue weighted by atomic mass is 14.5. The molecular formula is C56H48. The Hall–Kier alpha value is -5.72. The van der Waals surface area contributed by atoms with Crippen molar-refractivity contribution in [1.29, 1.82) is 0 Å². The molecule has 272 valence electrons. The number of rotatable bonds is 2. The zero-order chi connectivity index (χ0) is 38.1. The highest BCUT2D eigenvalue weighted by Gasteiger charge is 2.46. The van der Waals surface area contributed by atoms with E-state index in [-0.39, 0.29) is 22.7 Å². The van der Waals surface area contributed by atoms with Crippen LogP contribution < -0.4 is 0 Å². The zero-order valence-corrected chi connectivity index (χ0v) is 33.4. The van der Waals surface area contributed by atoms with Gasteiger partial charge in [-0.3, -0.25) is 0 Å². The first kappa shape index (κ1) is 33.6. The molecule has 0 saturated heterocycles. The molecule has 0 heteroatoms. The van der Waals surface area contributed by atoms with Crippen LogP contribution in [-0.4, -0.2) is 0 Å². The first-order valence-electron chi connectivity index (χ1n) is 20.6. The molecule has 0 nitrogen and oxygen atoms in total. The summed E-state index contributed by atoms with van der Waals surface area (Å²) < 4.78 is 0. The highest BCUT2D eigenvalue weighted by molar-refractivity contribution is 6.00. The number of fused-ring (bicyclic) bond motifs is 13. The van der Waals surface area contributed by atoms with Crippen molar-refractivity contribution in [3.8, 4) is 44.5 Å². The van der Waals surface area contributed by atoms with E-state index in [1.54, 1.807) is 0 Å². The van der Waals surface area contributed by atoms with Crippen LogP contribution in [0.25, 0.3) is 56.7 Å². The Labute approximate surface area is 332 Å². The summed E-state index contributed by atoms with van der Waals surface area (Å²) in [5.74, 6) is 0.274. The number of hydrogen-bond donors (Lipinski definition) is 0. The van der Waals surface area contributed by atoms with Crippen molar-refractivity contribution >= 4 is 12.2 Å². The van der Waals surface area contributed by atoms with Crippen LogP contribution in [-0.2, 0) is 23.7 Å². The second kappa shape index (κ2) is 11.9. The van der Waals surface area contributed by atoms with Gasteiger partial charge >= 0.3 is 0 Å². The summed E-state index contributed by atoms with van der Waals surface area (Å²) in [5, 5.41) is 0. The SMILES string of the molecule is CC(C)(C)c1c2c(c(-c3ccccc3)c3c1Cc1ccccc1-3)C1C(=CC=C3C=Cc4c(c(-c5ccccc5)c5c(c4C(C)(C)C)Cc4ccccc4-5)[C@@H]31)C=C2. The zero-order valence-electron chi connectivity index (χ0n) is 33.4. The van der Waals surface area contributed by atoms with Crippen LogP contribution in [0.5, 0.6) is 0 Å².